The van der Waals surface area contributed by atoms with Gasteiger partial charge in [-0.3, -0.25) is 4.79 Å². The number of amides is 1. The number of aromatic nitrogens is 2. The lowest BCUT2D eigenvalue weighted by molar-refractivity contribution is 0.0949. The van der Waals surface area contributed by atoms with Crippen LogP contribution in [0.2, 0.25) is 0 Å². The third-order valence-electron chi connectivity index (χ3n) is 2.71. The summed E-state index contributed by atoms with van der Waals surface area (Å²) in [6, 6.07) is 10.1. The Labute approximate surface area is 111 Å². The van der Waals surface area contributed by atoms with E-state index in [9.17, 15) is 4.79 Å². The van der Waals surface area contributed by atoms with Crippen molar-refractivity contribution >= 4 is 11.7 Å². The molecule has 0 atom stereocenters. The first-order valence-electron chi connectivity index (χ1n) is 6.16. The van der Waals surface area contributed by atoms with Crippen molar-refractivity contribution in [2.75, 3.05) is 12.3 Å². The monoisotopic (exact) mass is 256 g/mol. The van der Waals surface area contributed by atoms with Gasteiger partial charge in [0, 0.05) is 18.9 Å². The third kappa shape index (κ3) is 3.77. The van der Waals surface area contributed by atoms with E-state index < -0.39 is 0 Å². The minimum Gasteiger partial charge on any atom is -0.382 e. The molecule has 2 aromatic rings. The van der Waals surface area contributed by atoms with E-state index in [2.05, 4.69) is 27.4 Å². The van der Waals surface area contributed by atoms with Crippen LogP contribution in [0.1, 0.15) is 22.5 Å². The number of nitrogens with one attached hydrogen (secondary N) is 1. The van der Waals surface area contributed by atoms with E-state index in [1.54, 1.807) is 0 Å². The fourth-order valence-electron chi connectivity index (χ4n) is 1.75. The van der Waals surface area contributed by atoms with Gasteiger partial charge in [0.25, 0.3) is 5.91 Å². The summed E-state index contributed by atoms with van der Waals surface area (Å²) >= 11 is 0. The Kier molecular flexibility index (Phi) is 4.44. The highest BCUT2D eigenvalue weighted by atomic mass is 16.1. The zero-order chi connectivity index (χ0) is 13.5. The molecule has 0 radical (unpaired) electrons. The van der Waals surface area contributed by atoms with E-state index in [0.717, 1.165) is 12.8 Å². The Balaban J connectivity index is 1.77. The molecule has 5 nitrogen and oxygen atoms in total. The Hall–Kier alpha value is -2.43. The lowest BCUT2D eigenvalue weighted by Crippen LogP contribution is -2.26. The molecule has 0 saturated heterocycles. The molecule has 0 aliphatic carbocycles. The van der Waals surface area contributed by atoms with Crippen molar-refractivity contribution in [1.82, 2.24) is 15.3 Å². The van der Waals surface area contributed by atoms with Gasteiger partial charge in [-0.1, -0.05) is 30.3 Å². The molecule has 0 aliphatic heterocycles. The van der Waals surface area contributed by atoms with Gasteiger partial charge in [-0.25, -0.2) is 9.97 Å². The number of hydrogen-bond donors (Lipinski definition) is 2. The number of carbonyl (C=O) groups excluding carboxylic acids is 1. The van der Waals surface area contributed by atoms with Crippen LogP contribution >= 0.6 is 0 Å². The highest BCUT2D eigenvalue weighted by molar-refractivity contribution is 5.96. The van der Waals surface area contributed by atoms with Gasteiger partial charge in [0.15, 0.2) is 11.5 Å². The van der Waals surface area contributed by atoms with Crippen molar-refractivity contribution in [2.45, 2.75) is 12.8 Å². The summed E-state index contributed by atoms with van der Waals surface area (Å²) in [5.74, 6) is -0.123. The maximum absolute atomic E-state index is 11.8. The summed E-state index contributed by atoms with van der Waals surface area (Å²) < 4.78 is 0. The summed E-state index contributed by atoms with van der Waals surface area (Å²) in [7, 11) is 0. The fraction of sp³-hybridized carbons (Fsp3) is 0.214. The number of nitrogens with zero attached hydrogens (tertiary/aromatic N) is 2. The number of aryl methyl sites for hydroxylation is 1. The maximum Gasteiger partial charge on any atom is 0.273 e. The minimum atomic E-state index is -0.279. The molecule has 98 valence electrons. The molecule has 5 heteroatoms. The first kappa shape index (κ1) is 13.0. The van der Waals surface area contributed by atoms with Gasteiger partial charge < -0.3 is 11.1 Å². The van der Waals surface area contributed by atoms with Crippen LogP contribution in [-0.4, -0.2) is 22.4 Å². The van der Waals surface area contributed by atoms with Crippen molar-refractivity contribution in [1.29, 1.82) is 0 Å². The quantitative estimate of drug-likeness (QED) is 0.793. The van der Waals surface area contributed by atoms with Crippen LogP contribution in [0.3, 0.4) is 0 Å². The zero-order valence-electron chi connectivity index (χ0n) is 10.5. The lowest BCUT2D eigenvalue weighted by Gasteiger charge is -2.05. The van der Waals surface area contributed by atoms with Gasteiger partial charge in [0.1, 0.15) is 0 Å². The molecule has 1 heterocycles. The highest BCUT2D eigenvalue weighted by Crippen LogP contribution is 2.03. The van der Waals surface area contributed by atoms with Crippen LogP contribution in [0.4, 0.5) is 5.82 Å². The molecule has 19 heavy (non-hydrogen) atoms. The van der Waals surface area contributed by atoms with E-state index in [4.69, 9.17) is 5.73 Å². The van der Waals surface area contributed by atoms with Crippen molar-refractivity contribution in [3.8, 4) is 0 Å². The Morgan fingerprint density at radius 3 is 2.63 bits per heavy atom. The second-order valence-electron chi connectivity index (χ2n) is 4.14. The van der Waals surface area contributed by atoms with Crippen LogP contribution in [0.25, 0.3) is 0 Å². The summed E-state index contributed by atoms with van der Waals surface area (Å²) in [6.45, 7) is 0.587. The van der Waals surface area contributed by atoms with E-state index in [-0.39, 0.29) is 17.4 Å². The number of anilines is 1. The van der Waals surface area contributed by atoms with Crippen molar-refractivity contribution in [3.05, 3.63) is 54.0 Å². The molecular formula is C14H16N4O. The van der Waals surface area contributed by atoms with Gasteiger partial charge >= 0.3 is 0 Å². The second kappa shape index (κ2) is 6.49. The topological polar surface area (TPSA) is 80.9 Å². The predicted molar refractivity (Wildman–Crippen MR) is 73.5 cm³/mol. The average molecular weight is 256 g/mol. The molecule has 0 bridgehead atoms. The largest absolute Gasteiger partial charge is 0.382 e. The van der Waals surface area contributed by atoms with Crippen LogP contribution in [0.15, 0.2) is 42.7 Å². The van der Waals surface area contributed by atoms with E-state index in [1.165, 1.54) is 18.0 Å². The highest BCUT2D eigenvalue weighted by Gasteiger charge is 2.10. The number of nitrogens with two attached hydrogens (primary N) is 1. The van der Waals surface area contributed by atoms with Crippen molar-refractivity contribution in [2.24, 2.45) is 0 Å². The van der Waals surface area contributed by atoms with E-state index >= 15 is 0 Å². The van der Waals surface area contributed by atoms with Gasteiger partial charge in [-0.2, -0.15) is 0 Å². The standard InChI is InChI=1S/C14H16N4O/c15-13-12(16-9-10-17-13)14(19)18-8-4-7-11-5-2-1-3-6-11/h1-3,5-6,9-10H,4,7-8H2,(H2,15,17)(H,18,19). The maximum atomic E-state index is 11.8. The first-order chi connectivity index (χ1) is 9.27. The molecule has 2 rings (SSSR count). The van der Waals surface area contributed by atoms with Gasteiger partial charge in [0.05, 0.1) is 0 Å². The first-order valence-corrected chi connectivity index (χ1v) is 6.16. The molecule has 3 N–H and O–H groups in total. The van der Waals surface area contributed by atoms with Crippen molar-refractivity contribution in [3.63, 3.8) is 0 Å². The molecule has 0 aliphatic rings. The molecule has 0 spiro atoms. The van der Waals surface area contributed by atoms with Crippen LogP contribution in [0.5, 0.6) is 0 Å². The Morgan fingerprint density at radius 1 is 1.16 bits per heavy atom. The lowest BCUT2D eigenvalue weighted by atomic mass is 10.1. The van der Waals surface area contributed by atoms with Gasteiger partial charge in [-0.15, -0.1) is 0 Å². The summed E-state index contributed by atoms with van der Waals surface area (Å²) in [5.41, 5.74) is 7.02. The average Bonchev–Trinajstić information content (AvgIpc) is 2.45. The summed E-state index contributed by atoms with van der Waals surface area (Å²) in [6.07, 6.45) is 4.71. The molecule has 1 aromatic carbocycles. The Morgan fingerprint density at radius 2 is 1.89 bits per heavy atom. The normalized spacial score (nSPS) is 10.1. The number of hydrogen-bond acceptors (Lipinski definition) is 4. The molecule has 1 aromatic heterocycles. The number of rotatable bonds is 5. The smallest absolute Gasteiger partial charge is 0.273 e. The minimum absolute atomic E-state index is 0.156. The van der Waals surface area contributed by atoms with Crippen LogP contribution in [-0.2, 0) is 6.42 Å². The zero-order valence-corrected chi connectivity index (χ0v) is 10.5. The van der Waals surface area contributed by atoms with Crippen LogP contribution in [0, 0.1) is 0 Å². The number of nitrogen functional groups attached to an aromatic ring is 1. The van der Waals surface area contributed by atoms with Crippen LogP contribution < -0.4 is 11.1 Å². The van der Waals surface area contributed by atoms with Gasteiger partial charge in [0.2, 0.25) is 0 Å². The SMILES string of the molecule is Nc1nccnc1C(=O)NCCCc1ccccc1. The second-order valence-corrected chi connectivity index (χ2v) is 4.14. The number of carbonyl (C=O) groups is 1. The van der Waals surface area contributed by atoms with E-state index in [0.29, 0.717) is 6.54 Å². The molecule has 0 unspecified atom stereocenters. The molecule has 0 fully saturated rings. The summed E-state index contributed by atoms with van der Waals surface area (Å²) in [5, 5.41) is 2.79. The predicted octanol–water partition coefficient (Wildman–Crippen LogP) is 1.42. The Bertz CT molecular complexity index is 542. The molecule has 0 saturated carbocycles. The van der Waals surface area contributed by atoms with E-state index in [1.807, 2.05) is 18.2 Å². The number of benzene rings is 1. The molecular weight excluding hydrogens is 240 g/mol. The summed E-state index contributed by atoms with van der Waals surface area (Å²) in [4.78, 5) is 19.5. The molecule has 1 amide bonds. The fourth-order valence-corrected chi connectivity index (χ4v) is 1.75. The van der Waals surface area contributed by atoms with Gasteiger partial charge in [-0.05, 0) is 18.4 Å². The third-order valence-corrected chi connectivity index (χ3v) is 2.71. The van der Waals surface area contributed by atoms with Crippen molar-refractivity contribution < 1.29 is 4.79 Å².